The van der Waals surface area contributed by atoms with Crippen molar-refractivity contribution in [2.75, 3.05) is 0 Å². The maximum atomic E-state index is 12.3. The molecule has 0 aliphatic carbocycles. The average molecular weight is 329 g/mol. The molecule has 2 atom stereocenters. The lowest BCUT2D eigenvalue weighted by Gasteiger charge is -2.19. The van der Waals surface area contributed by atoms with Crippen molar-refractivity contribution in [3.05, 3.63) is 47.5 Å². The van der Waals surface area contributed by atoms with E-state index in [1.54, 1.807) is 12.4 Å². The summed E-state index contributed by atoms with van der Waals surface area (Å²) < 4.78 is 1.94. The van der Waals surface area contributed by atoms with Crippen LogP contribution >= 0.6 is 0 Å². The molecule has 130 valence electrons. The minimum Gasteiger partial charge on any atom is -0.332 e. The quantitative estimate of drug-likeness (QED) is 0.902. The van der Waals surface area contributed by atoms with Gasteiger partial charge in [0.25, 0.3) is 0 Å². The molecule has 0 radical (unpaired) electrons. The molecule has 0 fully saturated rings. The largest absolute Gasteiger partial charge is 0.332 e. The van der Waals surface area contributed by atoms with Crippen molar-refractivity contribution in [2.24, 2.45) is 0 Å². The number of aromatic nitrogens is 3. The summed E-state index contributed by atoms with van der Waals surface area (Å²) in [4.78, 5) is 16.3. The van der Waals surface area contributed by atoms with Crippen LogP contribution in [0.4, 0.5) is 4.79 Å². The number of hydrogen-bond donors (Lipinski definition) is 2. The van der Waals surface area contributed by atoms with Gasteiger partial charge in [0, 0.05) is 24.2 Å². The number of hydrogen-bond acceptors (Lipinski definition) is 3. The van der Waals surface area contributed by atoms with Gasteiger partial charge in [-0.1, -0.05) is 6.07 Å². The van der Waals surface area contributed by atoms with Gasteiger partial charge in [0.1, 0.15) is 0 Å². The Kier molecular flexibility index (Phi) is 5.26. The van der Waals surface area contributed by atoms with Crippen LogP contribution in [0.5, 0.6) is 0 Å². The topological polar surface area (TPSA) is 71.8 Å². The molecule has 0 aromatic carbocycles. The highest BCUT2D eigenvalue weighted by Crippen LogP contribution is 2.21. The van der Waals surface area contributed by atoms with E-state index in [9.17, 15) is 4.79 Å². The zero-order valence-corrected chi connectivity index (χ0v) is 15.3. The van der Waals surface area contributed by atoms with Gasteiger partial charge in [-0.2, -0.15) is 5.10 Å². The molecule has 6 heteroatoms. The minimum absolute atomic E-state index is 0.0835. The summed E-state index contributed by atoms with van der Waals surface area (Å²) in [5.74, 6) is 0. The lowest BCUT2D eigenvalue weighted by molar-refractivity contribution is 0.235. The summed E-state index contributed by atoms with van der Waals surface area (Å²) in [5.41, 5.74) is 2.84. The van der Waals surface area contributed by atoms with Crippen LogP contribution in [0.3, 0.4) is 0 Å². The van der Waals surface area contributed by atoms with E-state index in [2.05, 4.69) is 41.5 Å². The van der Waals surface area contributed by atoms with Gasteiger partial charge in [-0.3, -0.25) is 9.67 Å². The van der Waals surface area contributed by atoms with Crippen molar-refractivity contribution in [1.29, 1.82) is 0 Å². The number of aryl methyl sites for hydroxylation is 1. The van der Waals surface area contributed by atoms with Crippen LogP contribution < -0.4 is 10.6 Å². The van der Waals surface area contributed by atoms with Crippen molar-refractivity contribution >= 4 is 6.03 Å². The fraction of sp³-hybridized carbons (Fsp3) is 0.500. The minimum atomic E-state index is -0.207. The SMILES string of the molecule is Cc1nn(C(C)(C)C)cc1[C@@H](C)NC(=O)N[C@@H](C)c1cccnc1. The first-order chi connectivity index (χ1) is 11.2. The highest BCUT2D eigenvalue weighted by Gasteiger charge is 2.20. The first-order valence-electron chi connectivity index (χ1n) is 8.22. The van der Waals surface area contributed by atoms with E-state index in [0.29, 0.717) is 0 Å². The predicted octanol–water partition coefficient (Wildman–Crippen LogP) is 3.46. The molecule has 0 bridgehead atoms. The molecule has 2 rings (SSSR count). The second kappa shape index (κ2) is 7.03. The maximum absolute atomic E-state index is 12.3. The molecule has 2 heterocycles. The number of urea groups is 1. The van der Waals surface area contributed by atoms with Gasteiger partial charge >= 0.3 is 6.03 Å². The van der Waals surface area contributed by atoms with Crippen molar-refractivity contribution < 1.29 is 4.79 Å². The zero-order valence-electron chi connectivity index (χ0n) is 15.3. The van der Waals surface area contributed by atoms with E-state index in [1.165, 1.54) is 0 Å². The second-order valence-electron chi connectivity index (χ2n) is 7.13. The van der Waals surface area contributed by atoms with Crippen LogP contribution in [0.15, 0.2) is 30.7 Å². The standard InChI is InChI=1S/C18H27N5O/c1-12(15-8-7-9-19-10-15)20-17(24)21-13(2)16-11-23(18(4,5)6)22-14(16)3/h7-13H,1-6H3,(H2,20,21,24)/t12-,13+/m0/s1. The number of rotatable bonds is 4. The third-order valence-corrected chi connectivity index (χ3v) is 3.97. The summed E-state index contributed by atoms with van der Waals surface area (Å²) in [6.45, 7) is 12.2. The molecule has 0 saturated carbocycles. The Bertz CT molecular complexity index is 687. The van der Waals surface area contributed by atoms with Gasteiger partial charge in [0.05, 0.1) is 23.3 Å². The Balaban J connectivity index is 2.00. The summed E-state index contributed by atoms with van der Waals surface area (Å²) in [5, 5.41) is 10.5. The summed E-state index contributed by atoms with van der Waals surface area (Å²) in [6.07, 6.45) is 5.48. The fourth-order valence-corrected chi connectivity index (χ4v) is 2.47. The molecule has 0 aliphatic rings. The summed E-state index contributed by atoms with van der Waals surface area (Å²) in [7, 11) is 0. The van der Waals surface area contributed by atoms with Crippen LogP contribution in [-0.4, -0.2) is 20.8 Å². The van der Waals surface area contributed by atoms with Gasteiger partial charge in [0.15, 0.2) is 0 Å². The molecule has 0 spiro atoms. The Hall–Kier alpha value is -2.37. The Morgan fingerprint density at radius 3 is 2.42 bits per heavy atom. The second-order valence-corrected chi connectivity index (χ2v) is 7.13. The molecule has 2 N–H and O–H groups in total. The van der Waals surface area contributed by atoms with Crippen LogP contribution in [0.1, 0.15) is 63.5 Å². The lowest BCUT2D eigenvalue weighted by Crippen LogP contribution is -2.38. The fourth-order valence-electron chi connectivity index (χ4n) is 2.47. The first-order valence-corrected chi connectivity index (χ1v) is 8.22. The summed E-state index contributed by atoms with van der Waals surface area (Å²) >= 11 is 0. The van der Waals surface area contributed by atoms with Crippen LogP contribution in [0.25, 0.3) is 0 Å². The van der Waals surface area contributed by atoms with Crippen LogP contribution in [0, 0.1) is 6.92 Å². The van der Waals surface area contributed by atoms with E-state index in [1.807, 2.05) is 43.8 Å². The number of carbonyl (C=O) groups is 1. The first kappa shape index (κ1) is 18.0. The van der Waals surface area contributed by atoms with Crippen molar-refractivity contribution in [1.82, 2.24) is 25.4 Å². The highest BCUT2D eigenvalue weighted by atomic mass is 16.2. The number of pyridine rings is 1. The Morgan fingerprint density at radius 2 is 1.88 bits per heavy atom. The van der Waals surface area contributed by atoms with Gasteiger partial charge < -0.3 is 10.6 Å². The molecule has 0 unspecified atom stereocenters. The van der Waals surface area contributed by atoms with Crippen molar-refractivity contribution in [3.63, 3.8) is 0 Å². The molecule has 0 aliphatic heterocycles. The van der Waals surface area contributed by atoms with E-state index in [4.69, 9.17) is 0 Å². The smallest absolute Gasteiger partial charge is 0.315 e. The molecule has 2 aromatic rings. The molecular weight excluding hydrogens is 302 g/mol. The lowest BCUT2D eigenvalue weighted by atomic mass is 10.1. The number of nitrogens with zero attached hydrogens (tertiary/aromatic N) is 3. The molecular formula is C18H27N5O. The van der Waals surface area contributed by atoms with Crippen LogP contribution in [0.2, 0.25) is 0 Å². The van der Waals surface area contributed by atoms with Gasteiger partial charge in [0.2, 0.25) is 0 Å². The van der Waals surface area contributed by atoms with E-state index in [0.717, 1.165) is 16.8 Å². The van der Waals surface area contributed by atoms with Crippen molar-refractivity contribution in [2.45, 2.75) is 59.2 Å². The predicted molar refractivity (Wildman–Crippen MR) is 94.7 cm³/mol. The van der Waals surface area contributed by atoms with E-state index < -0.39 is 0 Å². The highest BCUT2D eigenvalue weighted by molar-refractivity contribution is 5.74. The van der Waals surface area contributed by atoms with E-state index in [-0.39, 0.29) is 23.7 Å². The molecule has 0 saturated heterocycles. The zero-order chi connectivity index (χ0) is 17.9. The van der Waals surface area contributed by atoms with E-state index >= 15 is 0 Å². The number of carbonyl (C=O) groups excluding carboxylic acids is 1. The normalized spacial score (nSPS) is 14.1. The number of nitrogens with one attached hydrogen (secondary N) is 2. The van der Waals surface area contributed by atoms with Gasteiger partial charge in [-0.25, -0.2) is 4.79 Å². The van der Waals surface area contributed by atoms with Crippen LogP contribution in [-0.2, 0) is 5.54 Å². The van der Waals surface area contributed by atoms with Gasteiger partial charge in [-0.05, 0) is 53.2 Å². The molecule has 6 nitrogen and oxygen atoms in total. The average Bonchev–Trinajstić information content (AvgIpc) is 2.90. The third-order valence-electron chi connectivity index (χ3n) is 3.97. The Labute approximate surface area is 143 Å². The molecule has 24 heavy (non-hydrogen) atoms. The molecule has 2 amide bonds. The Morgan fingerprint density at radius 1 is 1.21 bits per heavy atom. The molecule has 2 aromatic heterocycles. The van der Waals surface area contributed by atoms with Crippen molar-refractivity contribution in [3.8, 4) is 0 Å². The number of amides is 2. The third kappa shape index (κ3) is 4.34. The van der Waals surface area contributed by atoms with Gasteiger partial charge in [-0.15, -0.1) is 0 Å². The monoisotopic (exact) mass is 329 g/mol. The summed E-state index contributed by atoms with van der Waals surface area (Å²) in [6, 6.07) is 3.37. The maximum Gasteiger partial charge on any atom is 0.315 e.